The van der Waals surface area contributed by atoms with Crippen molar-refractivity contribution in [2.45, 2.75) is 6.92 Å². The summed E-state index contributed by atoms with van der Waals surface area (Å²) < 4.78 is 1.28. The zero-order valence-electron chi connectivity index (χ0n) is 12.8. The fraction of sp³-hybridized carbons (Fsp3) is 0.214. The minimum absolute atomic E-state index is 0.581. The minimum Gasteiger partial charge on any atom is -0.399 e. The van der Waals surface area contributed by atoms with Crippen molar-refractivity contribution in [1.29, 1.82) is 0 Å². The monoisotopic (exact) mass is 289 g/mol. The molecule has 0 unspecified atom stereocenters. The number of nitrogens with zero attached hydrogens (tertiary/aromatic N) is 5. The van der Waals surface area contributed by atoms with Crippen LogP contribution in [0.4, 0.5) is 0 Å². The van der Waals surface area contributed by atoms with E-state index in [1.54, 1.807) is 12.4 Å². The third-order valence-corrected chi connectivity index (χ3v) is 2.25. The summed E-state index contributed by atoms with van der Waals surface area (Å²) >= 11 is 0. The summed E-state index contributed by atoms with van der Waals surface area (Å²) in [6, 6.07) is 3.64. The molecule has 0 bridgehead atoms. The lowest BCUT2D eigenvalue weighted by atomic mass is 10.2. The molecule has 0 aliphatic carbocycles. The van der Waals surface area contributed by atoms with E-state index in [2.05, 4.69) is 28.3 Å². The fourth-order valence-electron chi connectivity index (χ4n) is 0.775. The van der Waals surface area contributed by atoms with Crippen LogP contribution in [0, 0.1) is 0 Å². The molecule has 2 aromatic heterocycles. The molecule has 114 valence electrons. The van der Waals surface area contributed by atoms with Gasteiger partial charge in [-0.25, -0.2) is 4.68 Å². The average molecular weight is 289 g/mol. The van der Waals surface area contributed by atoms with Gasteiger partial charge in [0.25, 0.3) is 0 Å². The van der Waals surface area contributed by atoms with E-state index in [0.29, 0.717) is 5.70 Å². The minimum atomic E-state index is 0.581. The van der Waals surface area contributed by atoms with Crippen LogP contribution in [0.3, 0.4) is 0 Å². The topological polar surface area (TPSA) is 98.9 Å². The van der Waals surface area contributed by atoms with Crippen molar-refractivity contribution in [3.05, 3.63) is 61.6 Å². The van der Waals surface area contributed by atoms with Crippen molar-refractivity contribution < 1.29 is 0 Å². The molecule has 7 heteroatoms. The van der Waals surface area contributed by atoms with Crippen LogP contribution in [0.25, 0.3) is 5.70 Å². The summed E-state index contributed by atoms with van der Waals surface area (Å²) in [5.74, 6) is 5.07. The highest BCUT2D eigenvalue weighted by molar-refractivity contribution is 5.59. The van der Waals surface area contributed by atoms with Gasteiger partial charge in [0.15, 0.2) is 0 Å². The largest absolute Gasteiger partial charge is 0.399 e. The van der Waals surface area contributed by atoms with E-state index in [0.717, 1.165) is 11.3 Å². The number of nitrogens with two attached hydrogens (primary N) is 2. The molecule has 2 rings (SSSR count). The van der Waals surface area contributed by atoms with E-state index in [1.165, 1.54) is 17.3 Å². The first-order chi connectivity index (χ1) is 9.84. The molecule has 0 saturated carbocycles. The molecule has 0 spiro atoms. The van der Waals surface area contributed by atoms with Gasteiger partial charge in [-0.3, -0.25) is 4.98 Å². The van der Waals surface area contributed by atoms with Crippen molar-refractivity contribution in [2.24, 2.45) is 5.73 Å². The van der Waals surface area contributed by atoms with Crippen molar-refractivity contribution in [1.82, 2.24) is 24.8 Å². The highest BCUT2D eigenvalue weighted by Crippen LogP contribution is 2.01. The van der Waals surface area contributed by atoms with E-state index in [-0.39, 0.29) is 0 Å². The Hall–Kier alpha value is -2.83. The first-order valence-electron chi connectivity index (χ1n) is 6.12. The molecular weight excluding hydrogens is 266 g/mol. The molecule has 0 saturated heterocycles. The Morgan fingerprint density at radius 3 is 1.76 bits per heavy atom. The summed E-state index contributed by atoms with van der Waals surface area (Å²) in [5, 5.41) is 6.82. The van der Waals surface area contributed by atoms with Gasteiger partial charge in [-0.15, -0.1) is 10.2 Å². The lowest BCUT2D eigenvalue weighted by Crippen LogP contribution is -2.05. The van der Waals surface area contributed by atoms with Crippen LogP contribution in [0.5, 0.6) is 0 Å². The SMILES string of the molecule is C=C(C)N(C)C.C=C(N)c1ccncc1.Nn1cnnc1. The van der Waals surface area contributed by atoms with Gasteiger partial charge in [0.1, 0.15) is 12.7 Å². The number of hydrogen-bond donors (Lipinski definition) is 2. The number of nitrogen functional groups attached to an aromatic ring is 1. The third kappa shape index (κ3) is 9.71. The zero-order valence-corrected chi connectivity index (χ0v) is 12.8. The summed E-state index contributed by atoms with van der Waals surface area (Å²) in [4.78, 5) is 5.80. The molecule has 0 aliphatic heterocycles. The first kappa shape index (κ1) is 18.2. The van der Waals surface area contributed by atoms with Crippen LogP contribution in [0.2, 0.25) is 0 Å². The number of pyridine rings is 1. The predicted molar refractivity (Wildman–Crippen MR) is 86.1 cm³/mol. The average Bonchev–Trinajstić information content (AvgIpc) is 2.92. The zero-order chi connectivity index (χ0) is 16.3. The van der Waals surface area contributed by atoms with Crippen LogP contribution < -0.4 is 11.6 Å². The van der Waals surface area contributed by atoms with Gasteiger partial charge in [0, 0.05) is 37.9 Å². The predicted octanol–water partition coefficient (Wildman–Crippen LogP) is 1.08. The Balaban J connectivity index is 0.000000297. The summed E-state index contributed by atoms with van der Waals surface area (Å²) in [6.45, 7) is 9.23. The summed E-state index contributed by atoms with van der Waals surface area (Å²) in [6.07, 6.45) is 6.21. The lowest BCUT2D eigenvalue weighted by molar-refractivity contribution is 0.516. The number of hydrogen-bond acceptors (Lipinski definition) is 6. The molecule has 0 radical (unpaired) electrons. The molecule has 4 N–H and O–H groups in total. The molecule has 21 heavy (non-hydrogen) atoms. The molecule has 0 amide bonds. The summed E-state index contributed by atoms with van der Waals surface area (Å²) in [7, 11) is 3.95. The van der Waals surface area contributed by atoms with Crippen molar-refractivity contribution in [3.63, 3.8) is 0 Å². The van der Waals surface area contributed by atoms with Gasteiger partial charge in [-0.1, -0.05) is 13.2 Å². The van der Waals surface area contributed by atoms with E-state index < -0.39 is 0 Å². The molecule has 0 aliphatic rings. The fourth-order valence-corrected chi connectivity index (χ4v) is 0.775. The maximum Gasteiger partial charge on any atom is 0.138 e. The molecule has 2 heterocycles. The Morgan fingerprint density at radius 2 is 1.57 bits per heavy atom. The first-order valence-corrected chi connectivity index (χ1v) is 6.12. The normalized spacial score (nSPS) is 8.52. The second-order valence-corrected chi connectivity index (χ2v) is 4.30. The van der Waals surface area contributed by atoms with Gasteiger partial charge in [-0.2, -0.15) is 0 Å². The van der Waals surface area contributed by atoms with Crippen LogP contribution in [-0.2, 0) is 0 Å². The van der Waals surface area contributed by atoms with Crippen LogP contribution in [0.1, 0.15) is 12.5 Å². The number of rotatable bonds is 2. The second kappa shape index (κ2) is 10.0. The van der Waals surface area contributed by atoms with E-state index in [1.807, 2.05) is 38.1 Å². The molecular formula is C14H23N7. The van der Waals surface area contributed by atoms with E-state index in [4.69, 9.17) is 11.6 Å². The third-order valence-electron chi connectivity index (χ3n) is 2.25. The van der Waals surface area contributed by atoms with E-state index >= 15 is 0 Å². The molecule has 7 nitrogen and oxygen atoms in total. The Morgan fingerprint density at radius 1 is 1.14 bits per heavy atom. The molecule has 2 aromatic rings. The van der Waals surface area contributed by atoms with Gasteiger partial charge in [-0.05, 0) is 24.6 Å². The van der Waals surface area contributed by atoms with Crippen LogP contribution in [-0.4, -0.2) is 38.9 Å². The standard InChI is InChI=1S/C7H8N2.C5H11N.C2H4N4/c1-6(8)7-2-4-9-5-3-7;1-5(2)6(3)4;3-6-1-4-5-2-6/h2-5H,1,8H2;1H2,2-4H3;1-2H,3H2. The highest BCUT2D eigenvalue weighted by atomic mass is 15.4. The molecule has 0 fully saturated rings. The van der Waals surface area contributed by atoms with E-state index in [9.17, 15) is 0 Å². The van der Waals surface area contributed by atoms with Gasteiger partial charge >= 0.3 is 0 Å². The lowest BCUT2D eigenvalue weighted by Gasteiger charge is -2.08. The number of aromatic nitrogens is 4. The maximum absolute atomic E-state index is 5.39. The van der Waals surface area contributed by atoms with Crippen molar-refractivity contribution in [3.8, 4) is 0 Å². The van der Waals surface area contributed by atoms with Crippen LogP contribution >= 0.6 is 0 Å². The maximum atomic E-state index is 5.39. The summed E-state index contributed by atoms with van der Waals surface area (Å²) in [5.41, 5.74) is 8.00. The van der Waals surface area contributed by atoms with Crippen LogP contribution in [0.15, 0.2) is 56.0 Å². The molecule has 0 aromatic carbocycles. The smallest absolute Gasteiger partial charge is 0.138 e. The Labute approximate surface area is 125 Å². The van der Waals surface area contributed by atoms with Gasteiger partial charge in [0.05, 0.1) is 0 Å². The Bertz CT molecular complexity index is 518. The Kier molecular flexibility index (Phi) is 8.67. The number of allylic oxidation sites excluding steroid dienone is 1. The van der Waals surface area contributed by atoms with Crippen molar-refractivity contribution in [2.75, 3.05) is 19.9 Å². The van der Waals surface area contributed by atoms with Gasteiger partial charge < -0.3 is 16.5 Å². The van der Waals surface area contributed by atoms with Crippen molar-refractivity contribution >= 4 is 5.70 Å². The highest BCUT2D eigenvalue weighted by Gasteiger charge is 1.87. The quantitative estimate of drug-likeness (QED) is 0.803. The molecule has 0 atom stereocenters. The second-order valence-electron chi connectivity index (χ2n) is 4.30. The van der Waals surface area contributed by atoms with Gasteiger partial charge in [0.2, 0.25) is 0 Å².